The summed E-state index contributed by atoms with van der Waals surface area (Å²) in [4.78, 5) is 11.5. The molecule has 0 unspecified atom stereocenters. The minimum Gasteiger partial charge on any atom is -0.355 e. The van der Waals surface area contributed by atoms with Crippen LogP contribution in [0.15, 0.2) is 28.7 Å². The Balaban J connectivity index is 0.00000289. The molecule has 0 aliphatic heterocycles. The maximum Gasteiger partial charge on any atom is 0.220 e. The summed E-state index contributed by atoms with van der Waals surface area (Å²) in [6, 6.07) is 8.07. The van der Waals surface area contributed by atoms with Gasteiger partial charge in [0.05, 0.1) is 0 Å². The van der Waals surface area contributed by atoms with Crippen LogP contribution in [0.2, 0.25) is 0 Å². The molecule has 2 N–H and O–H groups in total. The molecular formula is C13H20BrClN2O. The van der Waals surface area contributed by atoms with Crippen molar-refractivity contribution in [2.24, 2.45) is 0 Å². The summed E-state index contributed by atoms with van der Waals surface area (Å²) in [7, 11) is 0. The topological polar surface area (TPSA) is 41.1 Å². The number of likely N-dealkylation sites (N-methyl/N-ethyl adjacent to an activating group) is 1. The Hall–Kier alpha value is -0.580. The zero-order valence-electron chi connectivity index (χ0n) is 10.5. The molecule has 0 heterocycles. The van der Waals surface area contributed by atoms with Gasteiger partial charge in [0.1, 0.15) is 0 Å². The van der Waals surface area contributed by atoms with Gasteiger partial charge in [0.15, 0.2) is 0 Å². The summed E-state index contributed by atoms with van der Waals surface area (Å²) >= 11 is 3.39. The van der Waals surface area contributed by atoms with Gasteiger partial charge in [0, 0.05) is 24.0 Å². The van der Waals surface area contributed by atoms with Crippen LogP contribution in [0.3, 0.4) is 0 Å². The molecule has 0 fully saturated rings. The van der Waals surface area contributed by atoms with Gasteiger partial charge in [-0.05, 0) is 30.7 Å². The predicted molar refractivity (Wildman–Crippen MR) is 81.3 cm³/mol. The summed E-state index contributed by atoms with van der Waals surface area (Å²) in [6.07, 6.45) is 1.34. The van der Waals surface area contributed by atoms with Crippen molar-refractivity contribution in [2.45, 2.75) is 19.8 Å². The van der Waals surface area contributed by atoms with Gasteiger partial charge in [-0.25, -0.2) is 0 Å². The maximum absolute atomic E-state index is 11.5. The van der Waals surface area contributed by atoms with E-state index in [1.165, 1.54) is 5.56 Å². The van der Waals surface area contributed by atoms with Crippen molar-refractivity contribution in [1.29, 1.82) is 0 Å². The number of carbonyl (C=O) groups excluding carboxylic acids is 1. The van der Waals surface area contributed by atoms with E-state index in [1.54, 1.807) is 0 Å². The van der Waals surface area contributed by atoms with Gasteiger partial charge >= 0.3 is 0 Å². The largest absolute Gasteiger partial charge is 0.355 e. The van der Waals surface area contributed by atoms with Crippen LogP contribution in [0.5, 0.6) is 0 Å². The first kappa shape index (κ1) is 17.4. The van der Waals surface area contributed by atoms with Crippen molar-refractivity contribution >= 4 is 34.2 Å². The monoisotopic (exact) mass is 334 g/mol. The highest BCUT2D eigenvalue weighted by molar-refractivity contribution is 9.10. The van der Waals surface area contributed by atoms with Crippen molar-refractivity contribution in [1.82, 2.24) is 10.6 Å². The van der Waals surface area contributed by atoms with Crippen LogP contribution in [-0.4, -0.2) is 25.5 Å². The highest BCUT2D eigenvalue weighted by atomic mass is 79.9. The molecule has 0 bridgehead atoms. The third-order valence-corrected chi connectivity index (χ3v) is 2.96. The summed E-state index contributed by atoms with van der Waals surface area (Å²) in [5, 5.41) is 6.05. The number of hydrogen-bond donors (Lipinski definition) is 2. The SMILES string of the molecule is CCNCCNC(=O)CCc1ccc(Br)cc1.Cl. The standard InChI is InChI=1S/C13H19BrN2O.ClH/c1-2-15-9-10-16-13(17)8-5-11-3-6-12(14)7-4-11;/h3-4,6-7,15H,2,5,8-10H2,1H3,(H,16,17);1H. The van der Waals surface area contributed by atoms with E-state index < -0.39 is 0 Å². The molecule has 1 amide bonds. The van der Waals surface area contributed by atoms with Gasteiger partial charge in [-0.1, -0.05) is 35.0 Å². The molecule has 0 atom stereocenters. The summed E-state index contributed by atoms with van der Waals surface area (Å²) in [5.74, 6) is 0.117. The molecule has 102 valence electrons. The second-order valence-electron chi connectivity index (χ2n) is 3.83. The number of aryl methyl sites for hydroxylation is 1. The number of hydrogen-bond acceptors (Lipinski definition) is 2. The van der Waals surface area contributed by atoms with E-state index in [2.05, 4.69) is 33.5 Å². The van der Waals surface area contributed by atoms with Gasteiger partial charge in [-0.3, -0.25) is 4.79 Å². The molecule has 1 aromatic carbocycles. The van der Waals surface area contributed by atoms with Gasteiger partial charge in [-0.2, -0.15) is 0 Å². The van der Waals surface area contributed by atoms with Crippen molar-refractivity contribution in [3.05, 3.63) is 34.3 Å². The molecule has 0 aliphatic rings. The fourth-order valence-corrected chi connectivity index (χ4v) is 1.73. The minimum atomic E-state index is 0. The normalized spacial score (nSPS) is 9.67. The molecule has 18 heavy (non-hydrogen) atoms. The first-order valence-corrected chi connectivity index (χ1v) is 6.73. The van der Waals surface area contributed by atoms with E-state index in [-0.39, 0.29) is 18.3 Å². The minimum absolute atomic E-state index is 0. The smallest absolute Gasteiger partial charge is 0.220 e. The van der Waals surface area contributed by atoms with Crippen LogP contribution in [0.1, 0.15) is 18.9 Å². The average molecular weight is 336 g/mol. The molecule has 0 saturated carbocycles. The number of carbonyl (C=O) groups is 1. The molecule has 1 rings (SSSR count). The van der Waals surface area contributed by atoms with Crippen molar-refractivity contribution in [3.8, 4) is 0 Å². The van der Waals surface area contributed by atoms with E-state index in [4.69, 9.17) is 0 Å². The Morgan fingerprint density at radius 2 is 1.89 bits per heavy atom. The number of rotatable bonds is 7. The Labute approximate surface area is 123 Å². The quantitative estimate of drug-likeness (QED) is 0.752. The molecule has 0 spiro atoms. The maximum atomic E-state index is 11.5. The highest BCUT2D eigenvalue weighted by Crippen LogP contribution is 2.11. The molecule has 0 aliphatic carbocycles. The van der Waals surface area contributed by atoms with Crippen LogP contribution >= 0.6 is 28.3 Å². The van der Waals surface area contributed by atoms with Crippen molar-refractivity contribution in [3.63, 3.8) is 0 Å². The Kier molecular flexibility index (Phi) is 10.0. The molecule has 3 nitrogen and oxygen atoms in total. The molecule has 0 aromatic heterocycles. The predicted octanol–water partition coefficient (Wildman–Crippen LogP) is 2.53. The van der Waals surface area contributed by atoms with Gasteiger partial charge < -0.3 is 10.6 Å². The van der Waals surface area contributed by atoms with Crippen LogP contribution < -0.4 is 10.6 Å². The molecule has 1 aromatic rings. The summed E-state index contributed by atoms with van der Waals surface area (Å²) in [6.45, 7) is 4.53. The number of benzene rings is 1. The lowest BCUT2D eigenvalue weighted by molar-refractivity contribution is -0.121. The second kappa shape index (κ2) is 10.4. The third-order valence-electron chi connectivity index (χ3n) is 2.43. The van der Waals surface area contributed by atoms with E-state index in [1.807, 2.05) is 24.3 Å². The van der Waals surface area contributed by atoms with Crippen LogP contribution in [0.25, 0.3) is 0 Å². The van der Waals surface area contributed by atoms with Gasteiger partial charge in [0.2, 0.25) is 5.91 Å². The van der Waals surface area contributed by atoms with E-state index >= 15 is 0 Å². The third kappa shape index (κ3) is 7.69. The number of amides is 1. The second-order valence-corrected chi connectivity index (χ2v) is 4.75. The molecule has 0 saturated heterocycles. The summed E-state index contributed by atoms with van der Waals surface area (Å²) < 4.78 is 1.07. The fraction of sp³-hybridized carbons (Fsp3) is 0.462. The molecule has 5 heteroatoms. The molecule has 0 radical (unpaired) electrons. The van der Waals surface area contributed by atoms with E-state index in [9.17, 15) is 4.79 Å². The van der Waals surface area contributed by atoms with Crippen molar-refractivity contribution in [2.75, 3.05) is 19.6 Å². The first-order chi connectivity index (χ1) is 8.22. The van der Waals surface area contributed by atoms with Crippen LogP contribution in [0, 0.1) is 0 Å². The number of halogens is 2. The zero-order chi connectivity index (χ0) is 12.5. The molecular weight excluding hydrogens is 316 g/mol. The lowest BCUT2D eigenvalue weighted by atomic mass is 10.1. The van der Waals surface area contributed by atoms with Crippen LogP contribution in [-0.2, 0) is 11.2 Å². The van der Waals surface area contributed by atoms with Crippen LogP contribution in [0.4, 0.5) is 0 Å². The first-order valence-electron chi connectivity index (χ1n) is 5.94. The zero-order valence-corrected chi connectivity index (χ0v) is 12.9. The summed E-state index contributed by atoms with van der Waals surface area (Å²) in [5.41, 5.74) is 1.19. The Bertz CT molecular complexity index is 343. The lowest BCUT2D eigenvalue weighted by Gasteiger charge is -2.05. The van der Waals surface area contributed by atoms with E-state index in [0.29, 0.717) is 13.0 Å². The Morgan fingerprint density at radius 1 is 1.22 bits per heavy atom. The van der Waals surface area contributed by atoms with Crippen molar-refractivity contribution < 1.29 is 4.79 Å². The average Bonchev–Trinajstić information content (AvgIpc) is 2.34. The van der Waals surface area contributed by atoms with Gasteiger partial charge in [-0.15, -0.1) is 12.4 Å². The highest BCUT2D eigenvalue weighted by Gasteiger charge is 2.01. The van der Waals surface area contributed by atoms with E-state index in [0.717, 1.165) is 24.0 Å². The Morgan fingerprint density at radius 3 is 2.50 bits per heavy atom. The number of nitrogens with one attached hydrogen (secondary N) is 2. The lowest BCUT2D eigenvalue weighted by Crippen LogP contribution is -2.31. The van der Waals surface area contributed by atoms with Gasteiger partial charge in [0.25, 0.3) is 0 Å². The fourth-order valence-electron chi connectivity index (χ4n) is 1.46.